The van der Waals surface area contributed by atoms with Crippen LogP contribution < -0.4 is 10.6 Å². The number of carbonyl (C=O) groups excluding carboxylic acids is 3. The largest absolute Gasteiger partial charge is 0.481 e. The van der Waals surface area contributed by atoms with Crippen molar-refractivity contribution < 1.29 is 43.7 Å². The van der Waals surface area contributed by atoms with Gasteiger partial charge in [0.2, 0.25) is 5.91 Å². The molecule has 0 spiro atoms. The standard InChI is InChI=1S/C33H52N2O9/c1-30(2,3)26(28(40)41)27(31(4,5)6)33(18-15-24(37)38,19-16-25(39)44-32(7,8)9)35-23(36)17-20-34-29(42)43-21-22-13-11-10-12-14-22/h10-14,26-27H,15-21H2,1-9H3,(H,34,42)(H,35,36)(H,37,38)(H,40,41). The minimum atomic E-state index is -1.42. The van der Waals surface area contributed by atoms with Gasteiger partial charge in [-0.25, -0.2) is 4.79 Å². The van der Waals surface area contributed by atoms with Crippen LogP contribution in [0.5, 0.6) is 0 Å². The van der Waals surface area contributed by atoms with Gasteiger partial charge in [0.1, 0.15) is 12.2 Å². The molecule has 11 heteroatoms. The molecule has 0 fully saturated rings. The van der Waals surface area contributed by atoms with E-state index in [9.17, 15) is 34.2 Å². The fourth-order valence-corrected chi connectivity index (χ4v) is 5.74. The molecule has 248 valence electrons. The molecule has 0 aliphatic rings. The molecule has 1 aromatic rings. The maximum Gasteiger partial charge on any atom is 0.407 e. The van der Waals surface area contributed by atoms with E-state index in [4.69, 9.17) is 9.47 Å². The van der Waals surface area contributed by atoms with Crippen LogP contribution in [0.2, 0.25) is 0 Å². The molecule has 4 N–H and O–H groups in total. The van der Waals surface area contributed by atoms with Gasteiger partial charge in [0.25, 0.3) is 0 Å². The lowest BCUT2D eigenvalue weighted by Gasteiger charge is -2.53. The predicted molar refractivity (Wildman–Crippen MR) is 166 cm³/mol. The molecule has 44 heavy (non-hydrogen) atoms. The van der Waals surface area contributed by atoms with Crippen molar-refractivity contribution >= 4 is 29.9 Å². The predicted octanol–water partition coefficient (Wildman–Crippen LogP) is 5.55. The number of benzene rings is 1. The highest BCUT2D eigenvalue weighted by Gasteiger charge is 2.54. The van der Waals surface area contributed by atoms with E-state index in [1.807, 2.05) is 51.1 Å². The second-order valence-corrected chi connectivity index (χ2v) is 14.4. The Bertz CT molecular complexity index is 1130. The average Bonchev–Trinajstić information content (AvgIpc) is 2.85. The van der Waals surface area contributed by atoms with E-state index in [2.05, 4.69) is 10.6 Å². The summed E-state index contributed by atoms with van der Waals surface area (Å²) in [6.07, 6.45) is -1.62. The third-order valence-corrected chi connectivity index (χ3v) is 7.26. The number of hydrogen-bond donors (Lipinski definition) is 4. The maximum atomic E-state index is 13.5. The third-order valence-electron chi connectivity index (χ3n) is 7.26. The molecule has 0 saturated heterocycles. The molecule has 0 aliphatic carbocycles. The zero-order valence-electron chi connectivity index (χ0n) is 27.7. The minimum absolute atomic E-state index is 0.0464. The van der Waals surface area contributed by atoms with Gasteiger partial charge in [-0.15, -0.1) is 0 Å². The van der Waals surface area contributed by atoms with E-state index in [1.54, 1.807) is 41.5 Å². The van der Waals surface area contributed by atoms with Crippen molar-refractivity contribution in [2.75, 3.05) is 6.54 Å². The number of alkyl carbamates (subject to hydrolysis) is 1. The number of hydrogen-bond acceptors (Lipinski definition) is 7. The molecular formula is C33H52N2O9. The third kappa shape index (κ3) is 13.3. The lowest BCUT2D eigenvalue weighted by Crippen LogP contribution is -2.62. The zero-order chi connectivity index (χ0) is 33.9. The Morgan fingerprint density at radius 2 is 1.36 bits per heavy atom. The molecule has 0 heterocycles. The van der Waals surface area contributed by atoms with E-state index in [-0.39, 0.29) is 45.3 Å². The first kappa shape index (κ1) is 38.4. The number of carboxylic acid groups (broad SMARTS) is 2. The summed E-state index contributed by atoms with van der Waals surface area (Å²) in [4.78, 5) is 63.3. The van der Waals surface area contributed by atoms with Gasteiger partial charge in [0, 0.05) is 37.3 Å². The number of rotatable bonds is 15. The van der Waals surface area contributed by atoms with Crippen LogP contribution in [0.3, 0.4) is 0 Å². The van der Waals surface area contributed by atoms with Crippen LogP contribution >= 0.6 is 0 Å². The fourth-order valence-electron chi connectivity index (χ4n) is 5.74. The van der Waals surface area contributed by atoms with Crippen LogP contribution in [0.1, 0.15) is 100.0 Å². The Balaban J connectivity index is 3.40. The Morgan fingerprint density at radius 3 is 1.84 bits per heavy atom. The maximum absolute atomic E-state index is 13.5. The van der Waals surface area contributed by atoms with Crippen LogP contribution in [0, 0.1) is 22.7 Å². The summed E-state index contributed by atoms with van der Waals surface area (Å²) < 4.78 is 10.7. The van der Waals surface area contributed by atoms with Crippen molar-refractivity contribution in [3.05, 3.63) is 35.9 Å². The smallest absolute Gasteiger partial charge is 0.407 e. The Kier molecular flexibility index (Phi) is 13.9. The number of aliphatic carboxylic acids is 2. The van der Waals surface area contributed by atoms with Gasteiger partial charge in [0.15, 0.2) is 0 Å². The van der Waals surface area contributed by atoms with Gasteiger partial charge in [-0.1, -0.05) is 71.9 Å². The van der Waals surface area contributed by atoms with Gasteiger partial charge >= 0.3 is 24.0 Å². The van der Waals surface area contributed by atoms with Crippen molar-refractivity contribution in [3.63, 3.8) is 0 Å². The molecule has 1 aromatic carbocycles. The molecule has 1 rings (SSSR count). The fraction of sp³-hybridized carbons (Fsp3) is 0.667. The molecule has 2 amide bonds. The van der Waals surface area contributed by atoms with Crippen LogP contribution in [0.15, 0.2) is 30.3 Å². The number of carboxylic acids is 2. The number of ether oxygens (including phenoxy) is 2. The van der Waals surface area contributed by atoms with E-state index in [1.165, 1.54) is 0 Å². The Morgan fingerprint density at radius 1 is 0.795 bits per heavy atom. The SMILES string of the molecule is CC(C)(C)OC(=O)CCC(CCC(=O)O)(NC(=O)CCNC(=O)OCc1ccccc1)C(C(C(=O)O)C(C)(C)C)C(C)(C)C. The van der Waals surface area contributed by atoms with Crippen molar-refractivity contribution in [1.82, 2.24) is 10.6 Å². The van der Waals surface area contributed by atoms with Gasteiger partial charge in [-0.2, -0.15) is 0 Å². The molecule has 3 atom stereocenters. The van der Waals surface area contributed by atoms with Crippen molar-refractivity contribution in [3.8, 4) is 0 Å². The second-order valence-electron chi connectivity index (χ2n) is 14.4. The number of carbonyl (C=O) groups is 5. The summed E-state index contributed by atoms with van der Waals surface area (Å²) in [7, 11) is 0. The minimum Gasteiger partial charge on any atom is -0.481 e. The quantitative estimate of drug-likeness (QED) is 0.184. The van der Waals surface area contributed by atoms with E-state index in [0.717, 1.165) is 5.56 Å². The van der Waals surface area contributed by atoms with Crippen molar-refractivity contribution in [1.29, 1.82) is 0 Å². The number of amides is 2. The lowest BCUT2D eigenvalue weighted by atomic mass is 9.55. The first-order chi connectivity index (χ1) is 20.1. The summed E-state index contributed by atoms with van der Waals surface area (Å²) in [6, 6.07) is 9.10. The normalized spacial score (nSPS) is 14.8. The molecule has 0 radical (unpaired) electrons. The average molecular weight is 621 g/mol. The van der Waals surface area contributed by atoms with E-state index in [0.29, 0.717) is 0 Å². The van der Waals surface area contributed by atoms with E-state index >= 15 is 0 Å². The van der Waals surface area contributed by atoms with Crippen LogP contribution in [0.4, 0.5) is 4.79 Å². The summed E-state index contributed by atoms with van der Waals surface area (Å²) in [5.74, 6) is -5.13. The molecule has 0 saturated carbocycles. The monoisotopic (exact) mass is 620 g/mol. The van der Waals surface area contributed by atoms with Gasteiger partial charge < -0.3 is 30.3 Å². The summed E-state index contributed by atoms with van der Waals surface area (Å²) >= 11 is 0. The molecule has 11 nitrogen and oxygen atoms in total. The second kappa shape index (κ2) is 15.9. The number of esters is 1. The van der Waals surface area contributed by atoms with Crippen molar-refractivity contribution in [2.45, 2.75) is 112 Å². The highest BCUT2D eigenvalue weighted by atomic mass is 16.6. The van der Waals surface area contributed by atoms with Crippen LogP contribution in [-0.2, 0) is 35.3 Å². The summed E-state index contributed by atoms with van der Waals surface area (Å²) in [5, 5.41) is 25.7. The first-order valence-electron chi connectivity index (χ1n) is 15.0. The van der Waals surface area contributed by atoms with Crippen LogP contribution in [0.25, 0.3) is 0 Å². The molecule has 3 unspecified atom stereocenters. The highest BCUT2D eigenvalue weighted by molar-refractivity contribution is 5.79. The summed E-state index contributed by atoms with van der Waals surface area (Å²) in [6.45, 7) is 16.0. The Hall–Kier alpha value is -3.63. The molecular weight excluding hydrogens is 568 g/mol. The Labute approximate surface area is 261 Å². The van der Waals surface area contributed by atoms with Gasteiger partial charge in [-0.3, -0.25) is 19.2 Å². The zero-order valence-corrected chi connectivity index (χ0v) is 27.7. The molecule has 0 aliphatic heterocycles. The summed E-state index contributed by atoms with van der Waals surface area (Å²) in [5.41, 5.74) is -2.94. The molecule has 0 bridgehead atoms. The van der Waals surface area contributed by atoms with Gasteiger partial charge in [-0.05, 0) is 50.0 Å². The first-order valence-corrected chi connectivity index (χ1v) is 15.0. The van der Waals surface area contributed by atoms with E-state index < -0.39 is 63.7 Å². The molecule has 0 aromatic heterocycles. The van der Waals surface area contributed by atoms with Crippen molar-refractivity contribution in [2.24, 2.45) is 22.7 Å². The highest BCUT2D eigenvalue weighted by Crippen LogP contribution is 2.50. The number of nitrogens with one attached hydrogen (secondary N) is 2. The van der Waals surface area contributed by atoms with Crippen LogP contribution in [-0.4, -0.2) is 57.8 Å². The lowest BCUT2D eigenvalue weighted by molar-refractivity contribution is -0.159. The van der Waals surface area contributed by atoms with Gasteiger partial charge in [0.05, 0.1) is 5.92 Å². The topological polar surface area (TPSA) is 168 Å².